The average molecular weight is 390 g/mol. The molecule has 2 heterocycles. The van der Waals surface area contributed by atoms with Gasteiger partial charge in [-0.15, -0.1) is 0 Å². The van der Waals surface area contributed by atoms with E-state index in [2.05, 4.69) is 6.07 Å². The Balaban J connectivity index is 1.64. The lowest BCUT2D eigenvalue weighted by Crippen LogP contribution is -2.37. The van der Waals surface area contributed by atoms with Gasteiger partial charge in [0.25, 0.3) is 0 Å². The molecule has 0 saturated carbocycles. The first-order valence-corrected chi connectivity index (χ1v) is 9.47. The van der Waals surface area contributed by atoms with Crippen molar-refractivity contribution in [2.24, 2.45) is 0 Å². The third-order valence-electron chi connectivity index (χ3n) is 5.36. The molecule has 3 aromatic rings. The van der Waals surface area contributed by atoms with Crippen LogP contribution in [-0.4, -0.2) is 18.5 Å². The molecule has 0 radical (unpaired) electrons. The topological polar surface area (TPSA) is 46.6 Å². The van der Waals surface area contributed by atoms with Crippen molar-refractivity contribution in [2.45, 2.75) is 12.3 Å². The predicted octanol–water partition coefficient (Wildman–Crippen LogP) is 4.82. The smallest absolute Gasteiger partial charge is 0.336 e. The van der Waals surface area contributed by atoms with Crippen molar-refractivity contribution in [3.8, 4) is 0 Å². The Morgan fingerprint density at radius 2 is 1.75 bits per heavy atom. The molecule has 0 N–H and O–H groups in total. The number of esters is 1. The molecule has 0 fully saturated rings. The van der Waals surface area contributed by atoms with Crippen LogP contribution in [0, 0.1) is 0 Å². The van der Waals surface area contributed by atoms with Crippen molar-refractivity contribution in [2.75, 3.05) is 11.5 Å². The van der Waals surface area contributed by atoms with Gasteiger partial charge in [-0.1, -0.05) is 60.1 Å². The van der Waals surface area contributed by atoms with Crippen molar-refractivity contribution >= 4 is 39.9 Å². The number of anilines is 1. The number of cyclic esters (lactones) is 1. The molecule has 2 aliphatic heterocycles. The van der Waals surface area contributed by atoms with E-state index in [0.29, 0.717) is 22.0 Å². The van der Waals surface area contributed by atoms with Crippen LogP contribution in [0.1, 0.15) is 17.9 Å². The number of halogens is 1. The number of rotatable bonds is 2. The second-order valence-corrected chi connectivity index (χ2v) is 7.45. The van der Waals surface area contributed by atoms with Gasteiger partial charge < -0.3 is 4.74 Å². The van der Waals surface area contributed by atoms with Crippen molar-refractivity contribution in [3.05, 3.63) is 88.6 Å². The SMILES string of the molecule is O=C1OCC2=C1C(c1ccc3ccccc3c1)CC(=O)N2c1cccc(Cl)c1. The summed E-state index contributed by atoms with van der Waals surface area (Å²) in [5.41, 5.74) is 2.78. The maximum absolute atomic E-state index is 13.1. The van der Waals surface area contributed by atoms with Gasteiger partial charge in [0.2, 0.25) is 5.91 Å². The Bertz CT molecular complexity index is 1170. The Labute approximate surface area is 167 Å². The van der Waals surface area contributed by atoms with Crippen LogP contribution in [-0.2, 0) is 14.3 Å². The second kappa shape index (κ2) is 6.50. The predicted molar refractivity (Wildman–Crippen MR) is 108 cm³/mol. The van der Waals surface area contributed by atoms with Crippen molar-refractivity contribution in [1.29, 1.82) is 0 Å². The Hall–Kier alpha value is -3.11. The number of ether oxygens (including phenoxy) is 1. The maximum atomic E-state index is 13.1. The first-order chi connectivity index (χ1) is 13.6. The van der Waals surface area contributed by atoms with Gasteiger partial charge in [-0.3, -0.25) is 9.69 Å². The summed E-state index contributed by atoms with van der Waals surface area (Å²) in [5.74, 6) is -0.734. The molecule has 5 rings (SSSR count). The lowest BCUT2D eigenvalue weighted by atomic mass is 9.83. The molecule has 0 aromatic heterocycles. The Morgan fingerprint density at radius 1 is 0.929 bits per heavy atom. The highest BCUT2D eigenvalue weighted by molar-refractivity contribution is 6.31. The highest BCUT2D eigenvalue weighted by Crippen LogP contribution is 2.42. The molecule has 4 nitrogen and oxygen atoms in total. The van der Waals surface area contributed by atoms with Crippen LogP contribution in [0.4, 0.5) is 5.69 Å². The minimum atomic E-state index is -0.354. The van der Waals surface area contributed by atoms with Crippen LogP contribution in [0.25, 0.3) is 10.8 Å². The van der Waals surface area contributed by atoms with Gasteiger partial charge in [0.05, 0.1) is 17.0 Å². The van der Waals surface area contributed by atoms with Crippen molar-refractivity contribution < 1.29 is 14.3 Å². The molecule has 0 spiro atoms. The zero-order valence-electron chi connectivity index (χ0n) is 14.9. The lowest BCUT2D eigenvalue weighted by molar-refractivity contribution is -0.136. The van der Waals surface area contributed by atoms with E-state index in [9.17, 15) is 9.59 Å². The van der Waals surface area contributed by atoms with E-state index in [0.717, 1.165) is 16.3 Å². The van der Waals surface area contributed by atoms with E-state index < -0.39 is 0 Å². The van der Waals surface area contributed by atoms with Crippen LogP contribution < -0.4 is 4.90 Å². The van der Waals surface area contributed by atoms with Gasteiger partial charge in [-0.25, -0.2) is 4.79 Å². The van der Waals surface area contributed by atoms with E-state index in [4.69, 9.17) is 16.3 Å². The molecular weight excluding hydrogens is 374 g/mol. The minimum absolute atomic E-state index is 0.0718. The molecular formula is C23H16ClNO3. The molecule has 2 aliphatic rings. The summed E-state index contributed by atoms with van der Waals surface area (Å²) in [7, 11) is 0. The quantitative estimate of drug-likeness (QED) is 0.590. The molecule has 28 heavy (non-hydrogen) atoms. The summed E-state index contributed by atoms with van der Waals surface area (Å²) < 4.78 is 5.33. The number of nitrogens with zero attached hydrogens (tertiary/aromatic N) is 1. The number of carbonyl (C=O) groups is 2. The summed E-state index contributed by atoms with van der Waals surface area (Å²) in [4.78, 5) is 27.2. The number of hydrogen-bond acceptors (Lipinski definition) is 3. The molecule has 5 heteroatoms. The van der Waals surface area contributed by atoms with Gasteiger partial charge in [-0.2, -0.15) is 0 Å². The average Bonchev–Trinajstić information content (AvgIpc) is 3.08. The summed E-state index contributed by atoms with van der Waals surface area (Å²) in [5, 5.41) is 2.74. The van der Waals surface area contributed by atoms with Crippen LogP contribution in [0.2, 0.25) is 5.02 Å². The first kappa shape index (κ1) is 17.0. The zero-order valence-corrected chi connectivity index (χ0v) is 15.6. The standard InChI is InChI=1S/C23H16ClNO3/c24-17-6-3-7-18(11-17)25-20-13-28-23(27)22(20)19(12-21(25)26)16-9-8-14-4-1-2-5-15(14)10-16/h1-11,19H,12-13H2. The van der Waals surface area contributed by atoms with Crippen LogP contribution in [0.15, 0.2) is 78.0 Å². The summed E-state index contributed by atoms with van der Waals surface area (Å²) in [6.45, 7) is 0.0938. The van der Waals surface area contributed by atoms with Gasteiger partial charge in [0.15, 0.2) is 0 Å². The fraction of sp³-hybridized carbons (Fsp3) is 0.130. The van der Waals surface area contributed by atoms with Gasteiger partial charge in [0.1, 0.15) is 6.61 Å². The molecule has 1 atom stereocenters. The third kappa shape index (κ3) is 2.69. The monoisotopic (exact) mass is 389 g/mol. The Morgan fingerprint density at radius 3 is 2.57 bits per heavy atom. The highest BCUT2D eigenvalue weighted by Gasteiger charge is 2.43. The van der Waals surface area contributed by atoms with E-state index in [1.165, 1.54) is 0 Å². The van der Waals surface area contributed by atoms with E-state index in [-0.39, 0.29) is 30.8 Å². The second-order valence-electron chi connectivity index (χ2n) is 7.01. The molecule has 0 saturated heterocycles. The normalized spacial score (nSPS) is 19.2. The largest absolute Gasteiger partial charge is 0.456 e. The van der Waals surface area contributed by atoms with E-state index in [1.54, 1.807) is 23.1 Å². The highest BCUT2D eigenvalue weighted by atomic mass is 35.5. The summed E-state index contributed by atoms with van der Waals surface area (Å²) >= 11 is 6.11. The Kier molecular flexibility index (Phi) is 3.95. The molecule has 3 aromatic carbocycles. The third-order valence-corrected chi connectivity index (χ3v) is 5.59. The fourth-order valence-corrected chi connectivity index (χ4v) is 4.26. The van der Waals surface area contributed by atoms with E-state index in [1.807, 2.05) is 42.5 Å². The molecule has 0 aliphatic carbocycles. The molecule has 138 valence electrons. The number of carbonyl (C=O) groups excluding carboxylic acids is 2. The molecule has 0 bridgehead atoms. The summed E-state index contributed by atoms with van der Waals surface area (Å²) in [6, 6.07) is 21.2. The zero-order chi connectivity index (χ0) is 19.3. The van der Waals surface area contributed by atoms with Crippen LogP contribution in [0.5, 0.6) is 0 Å². The van der Waals surface area contributed by atoms with Crippen LogP contribution >= 0.6 is 11.6 Å². The van der Waals surface area contributed by atoms with Crippen molar-refractivity contribution in [3.63, 3.8) is 0 Å². The number of hydrogen-bond donors (Lipinski definition) is 0. The maximum Gasteiger partial charge on any atom is 0.336 e. The van der Waals surface area contributed by atoms with Gasteiger partial charge in [0, 0.05) is 17.4 Å². The van der Waals surface area contributed by atoms with Gasteiger partial charge in [-0.05, 0) is 34.5 Å². The fourth-order valence-electron chi connectivity index (χ4n) is 4.08. The lowest BCUT2D eigenvalue weighted by Gasteiger charge is -2.32. The van der Waals surface area contributed by atoms with Gasteiger partial charge >= 0.3 is 5.97 Å². The molecule has 1 unspecified atom stereocenters. The van der Waals surface area contributed by atoms with E-state index >= 15 is 0 Å². The number of benzene rings is 3. The number of fused-ring (bicyclic) bond motifs is 1. The minimum Gasteiger partial charge on any atom is -0.456 e. The molecule has 1 amide bonds. The summed E-state index contributed by atoms with van der Waals surface area (Å²) in [6.07, 6.45) is 0.207. The number of amides is 1. The van der Waals surface area contributed by atoms with Crippen LogP contribution in [0.3, 0.4) is 0 Å². The van der Waals surface area contributed by atoms with Crippen molar-refractivity contribution in [1.82, 2.24) is 0 Å². The first-order valence-electron chi connectivity index (χ1n) is 9.09.